The molecule has 0 saturated heterocycles. The molecule has 2 aromatic rings. The molecule has 0 bridgehead atoms. The first-order valence-corrected chi connectivity index (χ1v) is 8.88. The molecule has 0 spiro atoms. The van der Waals surface area contributed by atoms with E-state index in [-0.39, 0.29) is 5.91 Å². The number of amides is 1. The van der Waals surface area contributed by atoms with Crippen LogP contribution < -0.4 is 10.6 Å². The van der Waals surface area contributed by atoms with Crippen LogP contribution in [0.25, 0.3) is 0 Å². The van der Waals surface area contributed by atoms with Crippen molar-refractivity contribution in [3.63, 3.8) is 0 Å². The Balaban J connectivity index is 1.93. The van der Waals surface area contributed by atoms with Crippen molar-refractivity contribution in [2.45, 2.75) is 9.79 Å². The molecule has 108 valence electrons. The maximum Gasteiger partial charge on any atom is 0.258 e. The molecule has 1 heterocycles. The summed E-state index contributed by atoms with van der Waals surface area (Å²) in [6.07, 6.45) is 2.03. The molecule has 1 aliphatic rings. The molecule has 5 heteroatoms. The van der Waals surface area contributed by atoms with Gasteiger partial charge in [0, 0.05) is 33.3 Å². The van der Waals surface area contributed by atoms with E-state index < -0.39 is 0 Å². The van der Waals surface area contributed by atoms with E-state index in [0.29, 0.717) is 17.8 Å². The molecular formula is C16H16N2OS2. The Morgan fingerprint density at radius 1 is 1.24 bits per heavy atom. The normalized spacial score (nSPS) is 13.9. The van der Waals surface area contributed by atoms with Gasteiger partial charge in [-0.2, -0.15) is 0 Å². The predicted octanol–water partition coefficient (Wildman–Crippen LogP) is 3.74. The molecule has 2 aromatic carbocycles. The van der Waals surface area contributed by atoms with Gasteiger partial charge in [0.15, 0.2) is 0 Å². The summed E-state index contributed by atoms with van der Waals surface area (Å²) in [5.74, 6) is 0.945. The average molecular weight is 316 g/mol. The minimum Gasteiger partial charge on any atom is -0.399 e. The zero-order valence-corrected chi connectivity index (χ0v) is 13.3. The van der Waals surface area contributed by atoms with Gasteiger partial charge in [0.05, 0.1) is 5.69 Å². The van der Waals surface area contributed by atoms with E-state index in [4.69, 9.17) is 5.73 Å². The first-order valence-electron chi connectivity index (χ1n) is 6.67. The maximum absolute atomic E-state index is 12.7. The number of nitrogen functional groups attached to an aromatic ring is 1. The third-order valence-electron chi connectivity index (χ3n) is 3.43. The second-order valence-electron chi connectivity index (χ2n) is 4.76. The van der Waals surface area contributed by atoms with Gasteiger partial charge in [-0.25, -0.2) is 0 Å². The second kappa shape index (κ2) is 6.03. The van der Waals surface area contributed by atoms with Gasteiger partial charge < -0.3 is 10.6 Å². The van der Waals surface area contributed by atoms with Crippen LogP contribution in [-0.4, -0.2) is 24.5 Å². The standard InChI is InChI=1S/C16H16N2OS2/c1-20-13-5-2-11(3-6-13)16(19)18-8-9-21-15-7-4-12(17)10-14(15)18/h2-7,10H,8-9,17H2,1H3. The van der Waals surface area contributed by atoms with Crippen molar-refractivity contribution in [1.29, 1.82) is 0 Å². The summed E-state index contributed by atoms with van der Waals surface area (Å²) in [5, 5.41) is 0. The van der Waals surface area contributed by atoms with Crippen LogP contribution in [0.15, 0.2) is 52.3 Å². The van der Waals surface area contributed by atoms with Crippen LogP contribution in [0.1, 0.15) is 10.4 Å². The molecule has 21 heavy (non-hydrogen) atoms. The van der Waals surface area contributed by atoms with Gasteiger partial charge in [-0.1, -0.05) is 0 Å². The summed E-state index contributed by atoms with van der Waals surface area (Å²) in [6, 6.07) is 13.5. The minimum absolute atomic E-state index is 0.0369. The van der Waals surface area contributed by atoms with E-state index in [1.54, 1.807) is 23.5 Å². The van der Waals surface area contributed by atoms with Crippen molar-refractivity contribution >= 4 is 40.8 Å². The molecule has 3 nitrogen and oxygen atoms in total. The summed E-state index contributed by atoms with van der Waals surface area (Å²) in [4.78, 5) is 16.8. The molecule has 0 radical (unpaired) electrons. The van der Waals surface area contributed by atoms with Crippen molar-refractivity contribution in [2.24, 2.45) is 0 Å². The Hall–Kier alpha value is -1.59. The predicted molar refractivity (Wildman–Crippen MR) is 91.5 cm³/mol. The van der Waals surface area contributed by atoms with Gasteiger partial charge in [-0.15, -0.1) is 23.5 Å². The van der Waals surface area contributed by atoms with Gasteiger partial charge in [0.2, 0.25) is 0 Å². The van der Waals surface area contributed by atoms with Gasteiger partial charge in [0.25, 0.3) is 5.91 Å². The van der Waals surface area contributed by atoms with Crippen molar-refractivity contribution in [1.82, 2.24) is 0 Å². The number of nitrogens with two attached hydrogens (primary N) is 1. The van der Waals surface area contributed by atoms with Crippen LogP contribution in [0.2, 0.25) is 0 Å². The summed E-state index contributed by atoms with van der Waals surface area (Å²) < 4.78 is 0. The number of fused-ring (bicyclic) bond motifs is 1. The Labute approximate surface area is 132 Å². The van der Waals surface area contributed by atoms with Crippen molar-refractivity contribution in [3.8, 4) is 0 Å². The van der Waals surface area contributed by atoms with E-state index in [0.717, 1.165) is 21.2 Å². The lowest BCUT2D eigenvalue weighted by atomic mass is 10.1. The number of carbonyl (C=O) groups is 1. The van der Waals surface area contributed by atoms with Crippen molar-refractivity contribution in [3.05, 3.63) is 48.0 Å². The highest BCUT2D eigenvalue weighted by Gasteiger charge is 2.24. The number of hydrogen-bond acceptors (Lipinski definition) is 4. The zero-order chi connectivity index (χ0) is 14.8. The Bertz CT molecular complexity index is 670. The summed E-state index contributed by atoms with van der Waals surface area (Å²) in [6.45, 7) is 0.713. The number of carbonyl (C=O) groups excluding carboxylic acids is 1. The minimum atomic E-state index is 0.0369. The summed E-state index contributed by atoms with van der Waals surface area (Å²) in [7, 11) is 0. The number of nitrogens with zero attached hydrogens (tertiary/aromatic N) is 1. The fourth-order valence-electron chi connectivity index (χ4n) is 2.34. The van der Waals surface area contributed by atoms with Crippen LogP contribution >= 0.6 is 23.5 Å². The molecule has 0 aliphatic carbocycles. The Kier molecular flexibility index (Phi) is 4.12. The highest BCUT2D eigenvalue weighted by atomic mass is 32.2. The number of thioether (sulfide) groups is 2. The Morgan fingerprint density at radius 2 is 2.00 bits per heavy atom. The van der Waals surface area contributed by atoms with Crippen LogP contribution in [-0.2, 0) is 0 Å². The van der Waals surface area contributed by atoms with E-state index >= 15 is 0 Å². The maximum atomic E-state index is 12.7. The topological polar surface area (TPSA) is 46.3 Å². The first-order chi connectivity index (χ1) is 10.2. The van der Waals surface area contributed by atoms with Crippen LogP contribution in [0.3, 0.4) is 0 Å². The first kappa shape index (κ1) is 14.4. The quantitative estimate of drug-likeness (QED) is 0.677. The lowest BCUT2D eigenvalue weighted by Gasteiger charge is -2.29. The number of anilines is 2. The number of rotatable bonds is 2. The molecule has 2 N–H and O–H groups in total. The van der Waals surface area contributed by atoms with Crippen molar-refractivity contribution in [2.75, 3.05) is 29.2 Å². The van der Waals surface area contributed by atoms with Crippen molar-refractivity contribution < 1.29 is 4.79 Å². The van der Waals surface area contributed by atoms with Crippen LogP contribution in [0, 0.1) is 0 Å². The third-order valence-corrected chi connectivity index (χ3v) is 5.21. The molecular weight excluding hydrogens is 300 g/mol. The molecule has 0 saturated carbocycles. The fourth-order valence-corrected chi connectivity index (χ4v) is 3.72. The average Bonchev–Trinajstić information content (AvgIpc) is 2.53. The Morgan fingerprint density at radius 3 is 2.71 bits per heavy atom. The molecule has 1 amide bonds. The zero-order valence-electron chi connectivity index (χ0n) is 11.7. The monoisotopic (exact) mass is 316 g/mol. The lowest BCUT2D eigenvalue weighted by molar-refractivity contribution is 0.0987. The molecule has 0 aromatic heterocycles. The lowest BCUT2D eigenvalue weighted by Crippen LogP contribution is -2.35. The summed E-state index contributed by atoms with van der Waals surface area (Å²) in [5.41, 5.74) is 8.19. The van der Waals surface area contributed by atoms with E-state index in [1.807, 2.05) is 53.6 Å². The number of benzene rings is 2. The molecule has 0 fully saturated rings. The van der Waals surface area contributed by atoms with Gasteiger partial charge in [-0.05, 0) is 48.7 Å². The second-order valence-corrected chi connectivity index (χ2v) is 6.78. The number of hydrogen-bond donors (Lipinski definition) is 1. The van der Waals surface area contributed by atoms with E-state index in [9.17, 15) is 4.79 Å². The summed E-state index contributed by atoms with van der Waals surface area (Å²) >= 11 is 3.44. The van der Waals surface area contributed by atoms with Crippen LogP contribution in [0.5, 0.6) is 0 Å². The molecule has 0 unspecified atom stereocenters. The highest BCUT2D eigenvalue weighted by molar-refractivity contribution is 7.99. The fraction of sp³-hybridized carbons (Fsp3) is 0.188. The largest absolute Gasteiger partial charge is 0.399 e. The SMILES string of the molecule is CSc1ccc(C(=O)N2CCSc3ccc(N)cc32)cc1. The highest BCUT2D eigenvalue weighted by Crippen LogP contribution is 2.36. The molecule has 1 aliphatic heterocycles. The smallest absolute Gasteiger partial charge is 0.258 e. The third kappa shape index (κ3) is 2.89. The van der Waals surface area contributed by atoms with Gasteiger partial charge in [0.1, 0.15) is 0 Å². The van der Waals surface area contributed by atoms with Crippen LogP contribution in [0.4, 0.5) is 11.4 Å². The van der Waals surface area contributed by atoms with Gasteiger partial charge >= 0.3 is 0 Å². The van der Waals surface area contributed by atoms with E-state index in [1.165, 1.54) is 0 Å². The molecule has 0 atom stereocenters. The molecule has 3 rings (SSSR count). The van der Waals surface area contributed by atoms with E-state index in [2.05, 4.69) is 0 Å². The van der Waals surface area contributed by atoms with Gasteiger partial charge in [-0.3, -0.25) is 4.79 Å².